The third kappa shape index (κ3) is 2.92. The Labute approximate surface area is 154 Å². The number of hydrogen-bond donors (Lipinski definition) is 0. The standard InChI is InChI=1S/C18H12BrF4N3/c19-17-13(23)7-24-14-3-4-16(25-18(14)17)26-8-10(21)6-15(26)11-5-9(20)1-2-12(11)22/h1-5,7,10,15H,6,8H2/t10-,15+/m0/s1. The highest BCUT2D eigenvalue weighted by molar-refractivity contribution is 9.10. The van der Waals surface area contributed by atoms with Gasteiger partial charge in [0.2, 0.25) is 0 Å². The Morgan fingerprint density at radius 3 is 2.69 bits per heavy atom. The van der Waals surface area contributed by atoms with Crippen LogP contribution >= 0.6 is 15.9 Å². The first-order valence-electron chi connectivity index (χ1n) is 7.90. The van der Waals surface area contributed by atoms with E-state index in [1.807, 2.05) is 0 Å². The molecule has 8 heteroatoms. The van der Waals surface area contributed by atoms with Gasteiger partial charge in [-0.2, -0.15) is 0 Å². The zero-order valence-corrected chi connectivity index (χ0v) is 14.9. The maximum atomic E-state index is 14.2. The van der Waals surface area contributed by atoms with Crippen molar-refractivity contribution < 1.29 is 17.6 Å². The van der Waals surface area contributed by atoms with E-state index in [1.54, 1.807) is 17.0 Å². The van der Waals surface area contributed by atoms with Crippen molar-refractivity contribution in [1.29, 1.82) is 0 Å². The highest BCUT2D eigenvalue weighted by Gasteiger charge is 2.36. The van der Waals surface area contributed by atoms with Crippen molar-refractivity contribution >= 4 is 32.8 Å². The summed E-state index contributed by atoms with van der Waals surface area (Å²) in [7, 11) is 0. The van der Waals surface area contributed by atoms with Gasteiger partial charge < -0.3 is 4.90 Å². The van der Waals surface area contributed by atoms with E-state index in [0.29, 0.717) is 11.3 Å². The first-order valence-corrected chi connectivity index (χ1v) is 8.70. The van der Waals surface area contributed by atoms with Gasteiger partial charge in [0.15, 0.2) is 5.82 Å². The Bertz CT molecular complexity index is 998. The molecule has 3 heterocycles. The summed E-state index contributed by atoms with van der Waals surface area (Å²) < 4.78 is 55.8. The number of rotatable bonds is 2. The molecule has 0 amide bonds. The fourth-order valence-corrected chi connectivity index (χ4v) is 3.66. The van der Waals surface area contributed by atoms with Gasteiger partial charge in [0, 0.05) is 12.0 Å². The molecular formula is C18H12BrF4N3. The minimum absolute atomic E-state index is 0.0144. The number of hydrogen-bond acceptors (Lipinski definition) is 3. The molecule has 0 aliphatic carbocycles. The van der Waals surface area contributed by atoms with Crippen LogP contribution in [-0.4, -0.2) is 22.7 Å². The van der Waals surface area contributed by atoms with Gasteiger partial charge in [0.25, 0.3) is 0 Å². The lowest BCUT2D eigenvalue weighted by molar-refractivity contribution is 0.355. The van der Waals surface area contributed by atoms with Crippen LogP contribution in [0.25, 0.3) is 11.0 Å². The fraction of sp³-hybridized carbons (Fsp3) is 0.222. The molecule has 0 unspecified atom stereocenters. The van der Waals surface area contributed by atoms with Crippen LogP contribution in [0, 0.1) is 17.5 Å². The van der Waals surface area contributed by atoms with Gasteiger partial charge in [-0.3, -0.25) is 4.98 Å². The third-order valence-electron chi connectivity index (χ3n) is 4.46. The average molecular weight is 426 g/mol. The number of aromatic nitrogens is 2. The zero-order valence-electron chi connectivity index (χ0n) is 13.3. The lowest BCUT2D eigenvalue weighted by Crippen LogP contribution is -2.25. The van der Waals surface area contributed by atoms with Crippen molar-refractivity contribution in [2.45, 2.75) is 18.6 Å². The van der Waals surface area contributed by atoms with Crippen molar-refractivity contribution in [3.05, 3.63) is 64.0 Å². The van der Waals surface area contributed by atoms with Crippen LogP contribution in [0.1, 0.15) is 18.0 Å². The second kappa shape index (κ2) is 6.50. The molecule has 0 spiro atoms. The number of halogens is 5. The molecule has 1 aliphatic rings. The van der Waals surface area contributed by atoms with Crippen molar-refractivity contribution in [3.63, 3.8) is 0 Å². The van der Waals surface area contributed by atoms with Crippen LogP contribution in [-0.2, 0) is 0 Å². The molecule has 0 N–H and O–H groups in total. The van der Waals surface area contributed by atoms with Crippen LogP contribution in [0.4, 0.5) is 23.4 Å². The molecule has 26 heavy (non-hydrogen) atoms. The van der Waals surface area contributed by atoms with Gasteiger partial charge in [-0.1, -0.05) is 0 Å². The van der Waals surface area contributed by atoms with E-state index < -0.39 is 29.7 Å². The molecule has 3 aromatic rings. The molecule has 1 saturated heterocycles. The summed E-state index contributed by atoms with van der Waals surface area (Å²) in [5.74, 6) is -1.42. The van der Waals surface area contributed by atoms with Crippen LogP contribution in [0.15, 0.2) is 41.0 Å². The van der Waals surface area contributed by atoms with Crippen LogP contribution in [0.5, 0.6) is 0 Å². The first kappa shape index (κ1) is 17.2. The number of nitrogens with zero attached hydrogens (tertiary/aromatic N) is 3. The van der Waals surface area contributed by atoms with E-state index in [2.05, 4.69) is 25.9 Å². The number of alkyl halides is 1. The van der Waals surface area contributed by atoms with E-state index in [-0.39, 0.29) is 28.5 Å². The summed E-state index contributed by atoms with van der Waals surface area (Å²) in [4.78, 5) is 9.90. The van der Waals surface area contributed by atoms with E-state index in [9.17, 15) is 17.6 Å². The topological polar surface area (TPSA) is 29.0 Å². The molecule has 0 radical (unpaired) electrons. The molecule has 1 aromatic carbocycles. The average Bonchev–Trinajstić information content (AvgIpc) is 3.01. The maximum Gasteiger partial charge on any atom is 0.157 e. The lowest BCUT2D eigenvalue weighted by Gasteiger charge is -2.26. The smallest absolute Gasteiger partial charge is 0.157 e. The molecule has 0 bridgehead atoms. The van der Waals surface area contributed by atoms with Crippen molar-refractivity contribution in [1.82, 2.24) is 9.97 Å². The predicted octanol–water partition coefficient (Wildman–Crippen LogP) is 5.10. The van der Waals surface area contributed by atoms with E-state index in [1.165, 1.54) is 0 Å². The Hall–Kier alpha value is -2.22. The second-order valence-corrected chi connectivity index (χ2v) is 6.92. The summed E-state index contributed by atoms with van der Waals surface area (Å²) in [5, 5.41) is 0. The van der Waals surface area contributed by atoms with E-state index >= 15 is 0 Å². The fourth-order valence-electron chi connectivity index (χ4n) is 3.27. The SMILES string of the molecule is Fc1ccc(F)c([C@H]2C[C@H](F)CN2c2ccc3ncc(F)c(Br)c3n2)c1. The summed E-state index contributed by atoms with van der Waals surface area (Å²) in [6.45, 7) is -0.0144. The second-order valence-electron chi connectivity index (χ2n) is 6.12. The number of fused-ring (bicyclic) bond motifs is 1. The lowest BCUT2D eigenvalue weighted by atomic mass is 10.0. The maximum absolute atomic E-state index is 14.2. The highest BCUT2D eigenvalue weighted by atomic mass is 79.9. The van der Waals surface area contributed by atoms with Crippen LogP contribution in [0.3, 0.4) is 0 Å². The Morgan fingerprint density at radius 1 is 1.08 bits per heavy atom. The van der Waals surface area contributed by atoms with Crippen molar-refractivity contribution in [2.24, 2.45) is 0 Å². The zero-order chi connectivity index (χ0) is 18.4. The van der Waals surface area contributed by atoms with Crippen LogP contribution in [0.2, 0.25) is 0 Å². The predicted molar refractivity (Wildman–Crippen MR) is 93.2 cm³/mol. The van der Waals surface area contributed by atoms with Crippen LogP contribution < -0.4 is 4.90 Å². The largest absolute Gasteiger partial charge is 0.346 e. The molecular weight excluding hydrogens is 414 g/mol. The molecule has 0 saturated carbocycles. The monoisotopic (exact) mass is 425 g/mol. The van der Waals surface area contributed by atoms with Gasteiger partial charge in [-0.05, 0) is 46.3 Å². The van der Waals surface area contributed by atoms with Crippen molar-refractivity contribution in [3.8, 4) is 0 Å². The highest BCUT2D eigenvalue weighted by Crippen LogP contribution is 2.38. The molecule has 2 aromatic heterocycles. The van der Waals surface area contributed by atoms with Crippen molar-refractivity contribution in [2.75, 3.05) is 11.4 Å². The molecule has 134 valence electrons. The number of pyridine rings is 2. The Balaban J connectivity index is 1.81. The molecule has 2 atom stereocenters. The molecule has 4 rings (SSSR count). The van der Waals surface area contributed by atoms with E-state index in [4.69, 9.17) is 0 Å². The quantitative estimate of drug-likeness (QED) is 0.534. The summed E-state index contributed by atoms with van der Waals surface area (Å²) >= 11 is 3.14. The summed E-state index contributed by atoms with van der Waals surface area (Å²) in [5.41, 5.74) is 0.818. The Morgan fingerprint density at radius 2 is 1.88 bits per heavy atom. The summed E-state index contributed by atoms with van der Waals surface area (Å²) in [6, 6.07) is 5.66. The minimum atomic E-state index is -1.21. The number of benzene rings is 1. The van der Waals surface area contributed by atoms with E-state index in [0.717, 1.165) is 24.4 Å². The minimum Gasteiger partial charge on any atom is -0.346 e. The van der Waals surface area contributed by atoms with Gasteiger partial charge >= 0.3 is 0 Å². The number of anilines is 1. The molecule has 1 aliphatic heterocycles. The van der Waals surface area contributed by atoms with Gasteiger partial charge in [-0.25, -0.2) is 22.5 Å². The van der Waals surface area contributed by atoms with Gasteiger partial charge in [0.1, 0.15) is 29.1 Å². The van der Waals surface area contributed by atoms with Gasteiger partial charge in [0.05, 0.1) is 28.8 Å². The normalized spacial score (nSPS) is 20.1. The Kier molecular flexibility index (Phi) is 4.30. The molecule has 3 nitrogen and oxygen atoms in total. The third-order valence-corrected chi connectivity index (χ3v) is 5.21. The first-order chi connectivity index (χ1) is 12.4. The summed E-state index contributed by atoms with van der Waals surface area (Å²) in [6.07, 6.45) is -0.122. The molecule has 1 fully saturated rings. The van der Waals surface area contributed by atoms with Gasteiger partial charge in [-0.15, -0.1) is 0 Å².